The van der Waals surface area contributed by atoms with Crippen LogP contribution in [0.25, 0.3) is 0 Å². The lowest BCUT2D eigenvalue weighted by molar-refractivity contribution is 0.477. The highest BCUT2D eigenvalue weighted by Gasteiger charge is 2.17. The van der Waals surface area contributed by atoms with Gasteiger partial charge in [0.1, 0.15) is 6.67 Å². The molecule has 0 aliphatic carbocycles. The van der Waals surface area contributed by atoms with Crippen molar-refractivity contribution in [2.24, 2.45) is 9.98 Å². The first-order valence-corrected chi connectivity index (χ1v) is 7.88. The molecule has 0 fully saturated rings. The van der Waals surface area contributed by atoms with Crippen molar-refractivity contribution in [2.45, 2.75) is 6.92 Å². The van der Waals surface area contributed by atoms with E-state index >= 15 is 0 Å². The summed E-state index contributed by atoms with van der Waals surface area (Å²) in [4.78, 5) is 8.83. The van der Waals surface area contributed by atoms with Gasteiger partial charge >= 0.3 is 0 Å². The number of phenols is 1. The Balaban J connectivity index is 1.78. The molecule has 6 heteroatoms. The highest BCUT2D eigenvalue weighted by atomic mass is 35.5. The molecule has 2 N–H and O–H groups in total. The summed E-state index contributed by atoms with van der Waals surface area (Å²) in [5, 5.41) is 14.0. The number of nitrogens with zero attached hydrogens (tertiary/aromatic N) is 2. The number of halogens is 2. The highest BCUT2D eigenvalue weighted by Crippen LogP contribution is 2.38. The minimum Gasteiger partial charge on any atom is -0.504 e. The van der Waals surface area contributed by atoms with Crippen molar-refractivity contribution in [2.75, 3.05) is 18.5 Å². The fraction of sp³-hybridized carbons (Fsp3) is 0.176. The van der Waals surface area contributed by atoms with E-state index in [1.807, 2.05) is 30.3 Å². The second-order valence-electron chi connectivity index (χ2n) is 5.17. The monoisotopic (exact) mass is 347 g/mol. The van der Waals surface area contributed by atoms with Crippen molar-refractivity contribution in [1.82, 2.24) is 0 Å². The maximum atomic E-state index is 10.1. The van der Waals surface area contributed by atoms with Gasteiger partial charge in [0, 0.05) is 10.6 Å². The van der Waals surface area contributed by atoms with Gasteiger partial charge in [-0.2, -0.15) is 0 Å². The van der Waals surface area contributed by atoms with Crippen LogP contribution < -0.4 is 5.32 Å². The summed E-state index contributed by atoms with van der Waals surface area (Å²) in [7, 11) is 0. The number of nitrogens with one attached hydrogen (secondary N) is 1. The number of hydrogen-bond acceptors (Lipinski definition) is 4. The molecule has 4 nitrogen and oxygen atoms in total. The molecule has 23 heavy (non-hydrogen) atoms. The summed E-state index contributed by atoms with van der Waals surface area (Å²) in [6.45, 7) is 2.61. The smallest absolute Gasteiger partial charge is 0.157 e. The number of aliphatic imine (C=N–C) groups is 2. The Kier molecular flexibility index (Phi) is 4.55. The Morgan fingerprint density at radius 1 is 1.17 bits per heavy atom. The van der Waals surface area contributed by atoms with Gasteiger partial charge in [0.25, 0.3) is 0 Å². The topological polar surface area (TPSA) is 57.0 Å². The average Bonchev–Trinajstić information content (AvgIpc) is 3.04. The Labute approximate surface area is 144 Å². The first kappa shape index (κ1) is 15.8. The average molecular weight is 348 g/mol. The first-order valence-electron chi connectivity index (χ1n) is 7.13. The second-order valence-corrected chi connectivity index (χ2v) is 5.95. The summed E-state index contributed by atoms with van der Waals surface area (Å²) in [5.74, 6) is -0.00892. The quantitative estimate of drug-likeness (QED) is 0.809. The Hall–Kier alpha value is -2.04. The van der Waals surface area contributed by atoms with Crippen molar-refractivity contribution >= 4 is 40.3 Å². The molecule has 0 bridgehead atoms. The Morgan fingerprint density at radius 3 is 2.65 bits per heavy atom. The molecule has 2 aromatic carbocycles. The molecule has 2 aromatic rings. The predicted molar refractivity (Wildman–Crippen MR) is 96.6 cm³/mol. The van der Waals surface area contributed by atoms with E-state index in [4.69, 9.17) is 23.2 Å². The number of hydrogen-bond donors (Lipinski definition) is 2. The molecule has 3 rings (SSSR count). The fourth-order valence-electron chi connectivity index (χ4n) is 2.37. The SMILES string of the molecule is Cc1c(Cl)cc(NCC2=NCN=C2c2ccccc2)c(O)c1Cl. The molecule has 0 saturated heterocycles. The van der Waals surface area contributed by atoms with Crippen LogP contribution in [0.2, 0.25) is 10.0 Å². The molecule has 118 valence electrons. The van der Waals surface area contributed by atoms with Crippen LogP contribution in [0.3, 0.4) is 0 Å². The molecule has 0 unspecified atom stereocenters. The van der Waals surface area contributed by atoms with E-state index in [2.05, 4.69) is 15.3 Å². The molecular weight excluding hydrogens is 333 g/mol. The van der Waals surface area contributed by atoms with Crippen LogP contribution in [0.15, 0.2) is 46.4 Å². The van der Waals surface area contributed by atoms with Gasteiger partial charge in [-0.1, -0.05) is 53.5 Å². The number of aromatic hydroxyl groups is 1. The minimum atomic E-state index is -0.00892. The highest BCUT2D eigenvalue weighted by molar-refractivity contribution is 6.50. The third-order valence-electron chi connectivity index (χ3n) is 3.68. The lowest BCUT2D eigenvalue weighted by atomic mass is 10.1. The first-order chi connectivity index (χ1) is 11.1. The van der Waals surface area contributed by atoms with Gasteiger partial charge in [0.05, 0.1) is 28.7 Å². The fourth-order valence-corrected chi connectivity index (χ4v) is 2.82. The summed E-state index contributed by atoms with van der Waals surface area (Å²) < 4.78 is 0. The van der Waals surface area contributed by atoms with E-state index in [-0.39, 0.29) is 10.8 Å². The van der Waals surface area contributed by atoms with Gasteiger partial charge in [-0.25, -0.2) is 0 Å². The molecule has 0 atom stereocenters. The van der Waals surface area contributed by atoms with Crippen LogP contribution in [0.4, 0.5) is 5.69 Å². The standard InChI is InChI=1S/C17H15Cl2N3O/c1-10-12(18)7-13(17(23)15(10)19)20-8-14-16(22-9-21-14)11-5-3-2-4-6-11/h2-7,20,23H,8-9H2,1H3. The predicted octanol–water partition coefficient (Wildman–Crippen LogP) is 4.32. The van der Waals surface area contributed by atoms with Crippen molar-refractivity contribution in [3.63, 3.8) is 0 Å². The van der Waals surface area contributed by atoms with Crippen molar-refractivity contribution in [1.29, 1.82) is 0 Å². The number of benzene rings is 2. The Morgan fingerprint density at radius 2 is 1.91 bits per heavy atom. The van der Waals surface area contributed by atoms with Gasteiger partial charge in [0.15, 0.2) is 5.75 Å². The second kappa shape index (κ2) is 6.60. The van der Waals surface area contributed by atoms with E-state index in [1.54, 1.807) is 13.0 Å². The largest absolute Gasteiger partial charge is 0.504 e. The third-order valence-corrected chi connectivity index (χ3v) is 4.53. The van der Waals surface area contributed by atoms with Crippen molar-refractivity contribution in [3.8, 4) is 5.75 Å². The van der Waals surface area contributed by atoms with E-state index in [9.17, 15) is 5.11 Å². The van der Waals surface area contributed by atoms with Gasteiger partial charge in [0.2, 0.25) is 0 Å². The van der Waals surface area contributed by atoms with Gasteiger partial charge < -0.3 is 10.4 Å². The van der Waals surface area contributed by atoms with Crippen molar-refractivity contribution in [3.05, 3.63) is 57.6 Å². The van der Waals surface area contributed by atoms with Crippen LogP contribution in [-0.4, -0.2) is 29.7 Å². The van der Waals surface area contributed by atoms with Crippen LogP contribution >= 0.6 is 23.2 Å². The molecule has 0 radical (unpaired) electrons. The van der Waals surface area contributed by atoms with Crippen LogP contribution in [0.1, 0.15) is 11.1 Å². The maximum absolute atomic E-state index is 10.1. The number of rotatable bonds is 4. The lowest BCUT2D eigenvalue weighted by Crippen LogP contribution is -2.22. The maximum Gasteiger partial charge on any atom is 0.157 e. The molecular formula is C17H15Cl2N3O. The van der Waals surface area contributed by atoms with Crippen molar-refractivity contribution < 1.29 is 5.11 Å². The van der Waals surface area contributed by atoms with Crippen LogP contribution in [-0.2, 0) is 0 Å². The van der Waals surface area contributed by atoms with Gasteiger partial charge in [-0.15, -0.1) is 0 Å². The zero-order chi connectivity index (χ0) is 16.4. The lowest BCUT2D eigenvalue weighted by Gasteiger charge is -2.13. The van der Waals surface area contributed by atoms with Crippen LogP contribution in [0, 0.1) is 6.92 Å². The Bertz CT molecular complexity index is 801. The van der Waals surface area contributed by atoms with Gasteiger partial charge in [-0.3, -0.25) is 9.98 Å². The zero-order valence-corrected chi connectivity index (χ0v) is 14.0. The minimum absolute atomic E-state index is 0.00892. The van der Waals surface area contributed by atoms with E-state index < -0.39 is 0 Å². The summed E-state index contributed by atoms with van der Waals surface area (Å²) in [6.07, 6.45) is 0. The zero-order valence-electron chi connectivity index (χ0n) is 12.5. The van der Waals surface area contributed by atoms with E-state index in [1.165, 1.54) is 0 Å². The molecule has 0 spiro atoms. The molecule has 0 saturated carbocycles. The molecule has 1 aliphatic rings. The summed E-state index contributed by atoms with van der Waals surface area (Å²) in [5.41, 5.74) is 3.86. The number of phenolic OH excluding ortho intramolecular Hbond substituents is 1. The third kappa shape index (κ3) is 3.19. The van der Waals surface area contributed by atoms with E-state index in [0.717, 1.165) is 17.0 Å². The van der Waals surface area contributed by atoms with E-state index in [0.29, 0.717) is 29.5 Å². The summed E-state index contributed by atoms with van der Waals surface area (Å²) in [6, 6.07) is 11.5. The molecule has 0 amide bonds. The normalized spacial score (nSPS) is 13.7. The molecule has 1 aliphatic heterocycles. The van der Waals surface area contributed by atoms with Crippen LogP contribution in [0.5, 0.6) is 5.75 Å². The van der Waals surface area contributed by atoms with Gasteiger partial charge in [-0.05, 0) is 18.6 Å². The summed E-state index contributed by atoms with van der Waals surface area (Å²) >= 11 is 12.2. The molecule has 0 aromatic heterocycles. The molecule has 1 heterocycles. The number of anilines is 1.